The van der Waals surface area contributed by atoms with E-state index in [2.05, 4.69) is 4.74 Å². The van der Waals surface area contributed by atoms with Crippen molar-refractivity contribution in [3.8, 4) is 0 Å². The molecule has 0 aliphatic carbocycles. The number of carbonyl (C=O) groups is 1. The maximum atomic E-state index is 11.3. The Hall–Kier alpha value is -0.880. The molecule has 0 radical (unpaired) electrons. The normalized spacial score (nSPS) is 24.0. The molecule has 1 atom stereocenters. The number of esters is 1. The van der Waals surface area contributed by atoms with Gasteiger partial charge >= 0.3 is 5.97 Å². The molecule has 1 aliphatic heterocycles. The fourth-order valence-corrected chi connectivity index (χ4v) is 3.60. The summed E-state index contributed by atoms with van der Waals surface area (Å²) in [5, 5.41) is 0. The third kappa shape index (κ3) is 4.12. The van der Waals surface area contributed by atoms with E-state index in [1.54, 1.807) is 13.0 Å². The molecule has 0 spiro atoms. The van der Waals surface area contributed by atoms with Crippen molar-refractivity contribution < 1.29 is 17.9 Å². The number of nitrogens with zero attached hydrogens (tertiary/aromatic N) is 1. The van der Waals surface area contributed by atoms with Crippen LogP contribution in [-0.2, 0) is 19.4 Å². The topological polar surface area (TPSA) is 63.7 Å². The van der Waals surface area contributed by atoms with Gasteiger partial charge < -0.3 is 4.74 Å². The Kier molecular flexibility index (Phi) is 4.70. The molecule has 98 valence electrons. The van der Waals surface area contributed by atoms with Gasteiger partial charge in [0.15, 0.2) is 9.84 Å². The third-order valence-electron chi connectivity index (χ3n) is 3.02. The number of rotatable bonds is 4. The van der Waals surface area contributed by atoms with E-state index in [0.717, 1.165) is 0 Å². The molecule has 0 aromatic carbocycles. The Balaban J connectivity index is 2.51. The summed E-state index contributed by atoms with van der Waals surface area (Å²) in [5.74, 6) is 0.133. The number of hydrogen-bond donors (Lipinski definition) is 0. The molecule has 0 aromatic heterocycles. The number of hydrogen-bond acceptors (Lipinski definition) is 5. The molecule has 0 aromatic rings. The minimum absolute atomic E-state index is 0.0571. The van der Waals surface area contributed by atoms with Gasteiger partial charge in [-0.05, 0) is 20.4 Å². The first-order chi connectivity index (χ1) is 7.85. The Bertz CT molecular complexity index is 413. The zero-order chi connectivity index (χ0) is 13.1. The van der Waals surface area contributed by atoms with E-state index in [9.17, 15) is 13.2 Å². The van der Waals surface area contributed by atoms with Crippen molar-refractivity contribution in [2.45, 2.75) is 19.4 Å². The van der Waals surface area contributed by atoms with Crippen molar-refractivity contribution >= 4 is 15.8 Å². The second-order valence-corrected chi connectivity index (χ2v) is 6.60. The Labute approximate surface area is 102 Å². The quantitative estimate of drug-likeness (QED) is 0.535. The van der Waals surface area contributed by atoms with Gasteiger partial charge in [0, 0.05) is 18.2 Å². The Morgan fingerprint density at radius 3 is 2.65 bits per heavy atom. The monoisotopic (exact) mass is 261 g/mol. The van der Waals surface area contributed by atoms with Gasteiger partial charge in [0.05, 0.1) is 18.6 Å². The summed E-state index contributed by atoms with van der Waals surface area (Å²) in [6, 6.07) is 0.0571. The van der Waals surface area contributed by atoms with Crippen LogP contribution in [0.2, 0.25) is 0 Å². The van der Waals surface area contributed by atoms with E-state index in [1.165, 1.54) is 7.11 Å². The molecule has 0 saturated carbocycles. The molecular weight excluding hydrogens is 242 g/mol. The summed E-state index contributed by atoms with van der Waals surface area (Å²) >= 11 is 0. The average Bonchev–Trinajstić information content (AvgIpc) is 2.64. The van der Waals surface area contributed by atoms with Crippen molar-refractivity contribution in [3.05, 3.63) is 11.6 Å². The van der Waals surface area contributed by atoms with Gasteiger partial charge in [-0.1, -0.05) is 6.08 Å². The highest BCUT2D eigenvalue weighted by atomic mass is 32.2. The molecule has 0 N–H and O–H groups in total. The number of carbonyl (C=O) groups excluding carboxylic acids is 1. The van der Waals surface area contributed by atoms with Gasteiger partial charge in [-0.15, -0.1) is 0 Å². The molecule has 1 aliphatic rings. The second-order valence-electron chi connectivity index (χ2n) is 4.38. The summed E-state index contributed by atoms with van der Waals surface area (Å²) < 4.78 is 27.2. The number of likely N-dealkylation sites (N-methyl/N-ethyl adjacent to an activating group) is 1. The summed E-state index contributed by atoms with van der Waals surface area (Å²) in [5.41, 5.74) is 0.542. The Morgan fingerprint density at radius 1 is 1.53 bits per heavy atom. The van der Waals surface area contributed by atoms with Crippen LogP contribution in [0.5, 0.6) is 0 Å². The lowest BCUT2D eigenvalue weighted by atomic mass is 10.2. The van der Waals surface area contributed by atoms with Crippen molar-refractivity contribution in [2.24, 2.45) is 0 Å². The zero-order valence-corrected chi connectivity index (χ0v) is 11.3. The van der Waals surface area contributed by atoms with E-state index in [4.69, 9.17) is 0 Å². The van der Waals surface area contributed by atoms with Crippen molar-refractivity contribution in [1.29, 1.82) is 0 Å². The Morgan fingerprint density at radius 2 is 2.18 bits per heavy atom. The van der Waals surface area contributed by atoms with E-state index >= 15 is 0 Å². The SMILES string of the molecule is COC(=O)C(C)=CCN(C)C1CCS(=O)(=O)C1. The van der Waals surface area contributed by atoms with Crippen LogP contribution in [0.15, 0.2) is 11.6 Å². The second kappa shape index (κ2) is 5.64. The predicted molar refractivity (Wildman–Crippen MR) is 65.5 cm³/mol. The highest BCUT2D eigenvalue weighted by molar-refractivity contribution is 7.91. The molecule has 5 nitrogen and oxygen atoms in total. The first-order valence-corrected chi connectivity index (χ1v) is 7.33. The maximum Gasteiger partial charge on any atom is 0.333 e. The van der Waals surface area contributed by atoms with E-state index in [-0.39, 0.29) is 23.5 Å². The minimum Gasteiger partial charge on any atom is -0.466 e. The fraction of sp³-hybridized carbons (Fsp3) is 0.727. The lowest BCUT2D eigenvalue weighted by molar-refractivity contribution is -0.136. The molecule has 1 rings (SSSR count). The van der Waals surface area contributed by atoms with Crippen LogP contribution in [0.1, 0.15) is 13.3 Å². The molecule has 1 saturated heterocycles. The van der Waals surface area contributed by atoms with E-state index in [0.29, 0.717) is 18.5 Å². The maximum absolute atomic E-state index is 11.3. The summed E-state index contributed by atoms with van der Waals surface area (Å²) in [4.78, 5) is 13.1. The van der Waals surface area contributed by atoms with Crippen LogP contribution in [0.4, 0.5) is 0 Å². The predicted octanol–water partition coefficient (Wildman–Crippen LogP) is 0.225. The molecule has 17 heavy (non-hydrogen) atoms. The first kappa shape index (κ1) is 14.2. The molecular formula is C11H19NO4S. The summed E-state index contributed by atoms with van der Waals surface area (Å²) in [7, 11) is 0.354. The largest absolute Gasteiger partial charge is 0.466 e. The van der Waals surface area contributed by atoms with Gasteiger partial charge in [-0.3, -0.25) is 4.90 Å². The molecule has 1 unspecified atom stereocenters. The van der Waals surface area contributed by atoms with Crippen molar-refractivity contribution in [3.63, 3.8) is 0 Å². The van der Waals surface area contributed by atoms with Crippen LogP contribution in [-0.4, -0.2) is 57.5 Å². The van der Waals surface area contributed by atoms with E-state index in [1.807, 2.05) is 11.9 Å². The van der Waals surface area contributed by atoms with Gasteiger partial charge in [0.25, 0.3) is 0 Å². The average molecular weight is 261 g/mol. The third-order valence-corrected chi connectivity index (χ3v) is 4.77. The summed E-state index contributed by atoms with van der Waals surface area (Å²) in [6.45, 7) is 2.24. The molecule has 0 bridgehead atoms. The molecule has 0 amide bonds. The number of sulfone groups is 1. The first-order valence-electron chi connectivity index (χ1n) is 5.51. The van der Waals surface area contributed by atoms with Gasteiger partial charge in [-0.25, -0.2) is 13.2 Å². The van der Waals surface area contributed by atoms with Crippen molar-refractivity contribution in [2.75, 3.05) is 32.2 Å². The lowest BCUT2D eigenvalue weighted by Gasteiger charge is -2.21. The van der Waals surface area contributed by atoms with Gasteiger partial charge in [-0.2, -0.15) is 0 Å². The molecule has 6 heteroatoms. The highest BCUT2D eigenvalue weighted by Crippen LogP contribution is 2.16. The lowest BCUT2D eigenvalue weighted by Crippen LogP contribution is -2.32. The van der Waals surface area contributed by atoms with Crippen LogP contribution < -0.4 is 0 Å². The van der Waals surface area contributed by atoms with Crippen LogP contribution >= 0.6 is 0 Å². The van der Waals surface area contributed by atoms with Crippen LogP contribution in [0.3, 0.4) is 0 Å². The van der Waals surface area contributed by atoms with E-state index < -0.39 is 9.84 Å². The minimum atomic E-state index is -2.85. The van der Waals surface area contributed by atoms with Gasteiger partial charge in [0.1, 0.15) is 0 Å². The highest BCUT2D eigenvalue weighted by Gasteiger charge is 2.30. The van der Waals surface area contributed by atoms with Gasteiger partial charge in [0.2, 0.25) is 0 Å². The van der Waals surface area contributed by atoms with Crippen LogP contribution in [0.25, 0.3) is 0 Å². The summed E-state index contributed by atoms with van der Waals surface area (Å²) in [6.07, 6.45) is 2.43. The fourth-order valence-electron chi connectivity index (χ4n) is 1.80. The molecule has 1 heterocycles. The number of ether oxygens (including phenoxy) is 1. The standard InChI is InChI=1S/C11H19NO4S/c1-9(11(13)16-3)4-6-12(2)10-5-7-17(14,15)8-10/h4,10H,5-8H2,1-3H3. The number of methoxy groups -OCH3 is 1. The van der Waals surface area contributed by atoms with Crippen LogP contribution in [0, 0.1) is 0 Å². The van der Waals surface area contributed by atoms with Crippen molar-refractivity contribution in [1.82, 2.24) is 4.90 Å². The molecule has 1 fully saturated rings. The smallest absolute Gasteiger partial charge is 0.333 e. The zero-order valence-electron chi connectivity index (χ0n) is 10.5.